The van der Waals surface area contributed by atoms with Gasteiger partial charge in [-0.2, -0.15) is 0 Å². The molecule has 19 heavy (non-hydrogen) atoms. The van der Waals surface area contributed by atoms with Crippen molar-refractivity contribution < 1.29 is 14.7 Å². The number of amides is 1. The molecule has 1 aliphatic rings. The number of carboxylic acid groups (broad SMARTS) is 1. The van der Waals surface area contributed by atoms with Crippen LogP contribution in [0.15, 0.2) is 24.5 Å². The molecule has 1 saturated heterocycles. The number of aromatic nitrogens is 2. The van der Waals surface area contributed by atoms with Gasteiger partial charge in [0.15, 0.2) is 0 Å². The number of nitrogens with zero attached hydrogens (tertiary/aromatic N) is 3. The Morgan fingerprint density at radius 3 is 2.89 bits per heavy atom. The van der Waals surface area contributed by atoms with Gasteiger partial charge in [-0.15, -0.1) is 0 Å². The van der Waals surface area contributed by atoms with Gasteiger partial charge in [-0.25, -0.2) is 9.78 Å². The summed E-state index contributed by atoms with van der Waals surface area (Å²) in [6.07, 6.45) is 2.33. The van der Waals surface area contributed by atoms with Gasteiger partial charge in [-0.3, -0.25) is 4.79 Å². The Morgan fingerprint density at radius 2 is 2.26 bits per heavy atom. The average Bonchev–Trinajstić information content (AvgIpc) is 2.94. The average molecular weight is 259 g/mol. The predicted octanol–water partition coefficient (Wildman–Crippen LogP) is 1.14. The van der Waals surface area contributed by atoms with E-state index in [1.165, 1.54) is 6.07 Å². The standard InChI is InChI=1S/C13H13N3O3/c1-15-5-4-10(12(15)17)16-7-14-9-3-2-8(13(18)19)6-11(9)16/h2-3,6-7,10H,4-5H2,1H3,(H,18,19). The number of rotatable bonds is 2. The molecule has 98 valence electrons. The quantitative estimate of drug-likeness (QED) is 0.877. The minimum Gasteiger partial charge on any atom is -0.478 e. The number of benzene rings is 1. The minimum absolute atomic E-state index is 0.0417. The highest BCUT2D eigenvalue weighted by atomic mass is 16.4. The fraction of sp³-hybridized carbons (Fsp3) is 0.308. The van der Waals surface area contributed by atoms with Crippen LogP contribution >= 0.6 is 0 Å². The van der Waals surface area contributed by atoms with E-state index in [0.717, 1.165) is 6.42 Å². The molecule has 6 heteroatoms. The van der Waals surface area contributed by atoms with E-state index < -0.39 is 5.97 Å². The molecule has 0 radical (unpaired) electrons. The third kappa shape index (κ3) is 1.76. The zero-order valence-corrected chi connectivity index (χ0v) is 10.4. The van der Waals surface area contributed by atoms with Crippen LogP contribution in [0.25, 0.3) is 11.0 Å². The van der Waals surface area contributed by atoms with Crippen molar-refractivity contribution in [2.75, 3.05) is 13.6 Å². The number of likely N-dealkylation sites (N-methyl/N-ethyl adjacent to an activating group) is 1. The molecule has 1 amide bonds. The molecule has 3 rings (SSSR count). The summed E-state index contributed by atoms with van der Waals surface area (Å²) in [5.74, 6) is -0.940. The van der Waals surface area contributed by atoms with Crippen molar-refractivity contribution in [3.05, 3.63) is 30.1 Å². The highest BCUT2D eigenvalue weighted by molar-refractivity contribution is 5.93. The number of carbonyl (C=O) groups is 2. The number of hydrogen-bond acceptors (Lipinski definition) is 3. The van der Waals surface area contributed by atoms with Gasteiger partial charge in [0, 0.05) is 13.6 Å². The molecule has 0 spiro atoms. The summed E-state index contributed by atoms with van der Waals surface area (Å²) >= 11 is 0. The molecule has 6 nitrogen and oxygen atoms in total. The van der Waals surface area contributed by atoms with E-state index in [2.05, 4.69) is 4.98 Å². The molecule has 0 bridgehead atoms. The largest absolute Gasteiger partial charge is 0.478 e. The predicted molar refractivity (Wildman–Crippen MR) is 68.0 cm³/mol. The van der Waals surface area contributed by atoms with E-state index in [0.29, 0.717) is 17.6 Å². The Labute approximate surface area is 109 Å². The Hall–Kier alpha value is -2.37. The van der Waals surface area contributed by atoms with Crippen molar-refractivity contribution >= 4 is 22.9 Å². The lowest BCUT2D eigenvalue weighted by Gasteiger charge is -2.12. The summed E-state index contributed by atoms with van der Waals surface area (Å²) in [4.78, 5) is 28.9. The smallest absolute Gasteiger partial charge is 0.335 e. The number of fused-ring (bicyclic) bond motifs is 1. The number of carbonyl (C=O) groups excluding carboxylic acids is 1. The third-order valence-electron chi connectivity index (χ3n) is 3.56. The molecule has 1 aromatic heterocycles. The fourth-order valence-corrected chi connectivity index (χ4v) is 2.47. The molecule has 1 fully saturated rings. The Balaban J connectivity index is 2.11. The lowest BCUT2D eigenvalue weighted by molar-refractivity contribution is -0.129. The van der Waals surface area contributed by atoms with Crippen LogP contribution in [0, 0.1) is 0 Å². The van der Waals surface area contributed by atoms with E-state index in [1.54, 1.807) is 35.0 Å². The van der Waals surface area contributed by atoms with Gasteiger partial charge in [0.25, 0.3) is 0 Å². The first-order valence-corrected chi connectivity index (χ1v) is 6.03. The van der Waals surface area contributed by atoms with Crippen LogP contribution in [0.1, 0.15) is 22.8 Å². The summed E-state index contributed by atoms with van der Waals surface area (Å²) in [5.41, 5.74) is 1.59. The Morgan fingerprint density at radius 1 is 1.47 bits per heavy atom. The van der Waals surface area contributed by atoms with E-state index in [-0.39, 0.29) is 17.5 Å². The van der Waals surface area contributed by atoms with Gasteiger partial charge < -0.3 is 14.6 Å². The molecule has 1 unspecified atom stereocenters. The molecule has 0 saturated carbocycles. The lowest BCUT2D eigenvalue weighted by atomic mass is 10.2. The molecule has 0 aliphatic carbocycles. The number of likely N-dealkylation sites (tertiary alicyclic amines) is 1. The molecule has 1 atom stereocenters. The van der Waals surface area contributed by atoms with E-state index >= 15 is 0 Å². The normalized spacial score (nSPS) is 19.3. The van der Waals surface area contributed by atoms with Gasteiger partial charge in [0.2, 0.25) is 5.91 Å². The number of aromatic carboxylic acids is 1. The first kappa shape index (κ1) is 11.7. The Kier molecular flexibility index (Phi) is 2.51. The first-order chi connectivity index (χ1) is 9.08. The Bertz CT molecular complexity index is 677. The van der Waals surface area contributed by atoms with Gasteiger partial charge in [0.05, 0.1) is 22.9 Å². The molecular formula is C13H13N3O3. The van der Waals surface area contributed by atoms with Gasteiger partial charge in [0.1, 0.15) is 6.04 Å². The molecule has 1 aliphatic heterocycles. The van der Waals surface area contributed by atoms with E-state index in [1.807, 2.05) is 0 Å². The summed E-state index contributed by atoms with van der Waals surface area (Å²) in [6.45, 7) is 0.710. The summed E-state index contributed by atoms with van der Waals surface area (Å²) in [5, 5.41) is 9.03. The lowest BCUT2D eigenvalue weighted by Crippen LogP contribution is -2.24. The van der Waals surface area contributed by atoms with E-state index in [4.69, 9.17) is 5.11 Å². The fourth-order valence-electron chi connectivity index (χ4n) is 2.47. The van der Waals surface area contributed by atoms with Crippen LogP contribution in [0.5, 0.6) is 0 Å². The molecule has 2 heterocycles. The molecule has 1 aromatic carbocycles. The zero-order valence-electron chi connectivity index (χ0n) is 10.4. The number of carboxylic acids is 1. The van der Waals surface area contributed by atoms with Crippen LogP contribution < -0.4 is 0 Å². The van der Waals surface area contributed by atoms with E-state index in [9.17, 15) is 9.59 Å². The molecule has 2 aromatic rings. The second-order valence-corrected chi connectivity index (χ2v) is 4.72. The van der Waals surface area contributed by atoms with Crippen molar-refractivity contribution in [3.8, 4) is 0 Å². The second kappa shape index (κ2) is 4.08. The van der Waals surface area contributed by atoms with Crippen molar-refractivity contribution in [1.82, 2.24) is 14.5 Å². The van der Waals surface area contributed by atoms with Crippen LogP contribution in [0.4, 0.5) is 0 Å². The van der Waals surface area contributed by atoms with Crippen molar-refractivity contribution in [3.63, 3.8) is 0 Å². The molecular weight excluding hydrogens is 246 g/mol. The monoisotopic (exact) mass is 259 g/mol. The zero-order chi connectivity index (χ0) is 13.6. The maximum atomic E-state index is 12.0. The van der Waals surface area contributed by atoms with Crippen LogP contribution in [-0.4, -0.2) is 45.0 Å². The van der Waals surface area contributed by atoms with Gasteiger partial charge >= 0.3 is 5.97 Å². The highest BCUT2D eigenvalue weighted by Crippen LogP contribution is 2.26. The topological polar surface area (TPSA) is 75.4 Å². The summed E-state index contributed by atoms with van der Waals surface area (Å²) in [7, 11) is 1.77. The van der Waals surface area contributed by atoms with Crippen LogP contribution in [-0.2, 0) is 4.79 Å². The highest BCUT2D eigenvalue weighted by Gasteiger charge is 2.31. The maximum absolute atomic E-state index is 12.0. The second-order valence-electron chi connectivity index (χ2n) is 4.72. The minimum atomic E-state index is -0.982. The van der Waals surface area contributed by atoms with Crippen molar-refractivity contribution in [1.29, 1.82) is 0 Å². The third-order valence-corrected chi connectivity index (χ3v) is 3.56. The number of hydrogen-bond donors (Lipinski definition) is 1. The maximum Gasteiger partial charge on any atom is 0.335 e. The summed E-state index contributed by atoms with van der Waals surface area (Å²) in [6, 6.07) is 4.47. The SMILES string of the molecule is CN1CCC(n2cnc3ccc(C(=O)O)cc32)C1=O. The first-order valence-electron chi connectivity index (χ1n) is 6.03. The van der Waals surface area contributed by atoms with Gasteiger partial charge in [-0.05, 0) is 24.6 Å². The van der Waals surface area contributed by atoms with Crippen LogP contribution in [0.3, 0.4) is 0 Å². The van der Waals surface area contributed by atoms with Gasteiger partial charge in [-0.1, -0.05) is 0 Å². The number of imidazole rings is 1. The van der Waals surface area contributed by atoms with Crippen molar-refractivity contribution in [2.45, 2.75) is 12.5 Å². The van der Waals surface area contributed by atoms with Crippen LogP contribution in [0.2, 0.25) is 0 Å². The summed E-state index contributed by atoms with van der Waals surface area (Å²) < 4.78 is 1.77. The molecule has 1 N–H and O–H groups in total. The van der Waals surface area contributed by atoms with Crippen molar-refractivity contribution in [2.24, 2.45) is 0 Å².